The second-order valence-electron chi connectivity index (χ2n) is 5.98. The first-order valence-electron chi connectivity index (χ1n) is 6.79. The maximum absolute atomic E-state index is 3.82. The fraction of sp³-hybridized carbons (Fsp3) is 1.00. The van der Waals surface area contributed by atoms with Crippen LogP contribution in [0, 0.1) is 11.8 Å². The second-order valence-corrected chi connectivity index (χ2v) is 5.98. The van der Waals surface area contributed by atoms with E-state index < -0.39 is 0 Å². The van der Waals surface area contributed by atoms with Crippen molar-refractivity contribution in [3.05, 3.63) is 0 Å². The molecule has 2 atom stereocenters. The van der Waals surface area contributed by atoms with Gasteiger partial charge in [-0.2, -0.15) is 0 Å². The van der Waals surface area contributed by atoms with Gasteiger partial charge in [-0.3, -0.25) is 0 Å². The number of nitrogens with one attached hydrogen (secondary N) is 1. The van der Waals surface area contributed by atoms with Crippen LogP contribution in [0.5, 0.6) is 0 Å². The van der Waals surface area contributed by atoms with Gasteiger partial charge in [-0.15, -0.1) is 0 Å². The van der Waals surface area contributed by atoms with E-state index in [0.717, 1.165) is 23.9 Å². The molecular formula is C13H24N2. The molecule has 0 radical (unpaired) electrons. The van der Waals surface area contributed by atoms with Crippen molar-refractivity contribution in [3.63, 3.8) is 0 Å². The quantitative estimate of drug-likeness (QED) is 0.742. The molecule has 86 valence electrons. The first kappa shape index (κ1) is 10.1. The molecule has 2 unspecified atom stereocenters. The number of hydrogen-bond donors (Lipinski definition) is 1. The molecule has 15 heavy (non-hydrogen) atoms. The van der Waals surface area contributed by atoms with Gasteiger partial charge in [0.1, 0.15) is 0 Å². The second kappa shape index (κ2) is 4.06. The predicted octanol–water partition coefficient (Wildman–Crippen LogP) is 1.86. The van der Waals surface area contributed by atoms with Crippen LogP contribution in [-0.4, -0.2) is 36.6 Å². The Morgan fingerprint density at radius 2 is 2.00 bits per heavy atom. The monoisotopic (exact) mass is 208 g/mol. The first-order chi connectivity index (χ1) is 7.31. The van der Waals surface area contributed by atoms with Crippen molar-refractivity contribution in [1.82, 2.24) is 10.2 Å². The number of nitrogens with zero attached hydrogens (tertiary/aromatic N) is 1. The van der Waals surface area contributed by atoms with E-state index in [1.807, 2.05) is 0 Å². The summed E-state index contributed by atoms with van der Waals surface area (Å²) in [6, 6.07) is 1.57. The van der Waals surface area contributed by atoms with Crippen LogP contribution in [0.25, 0.3) is 0 Å². The molecular weight excluding hydrogens is 184 g/mol. The van der Waals surface area contributed by atoms with Crippen LogP contribution >= 0.6 is 0 Å². The van der Waals surface area contributed by atoms with Gasteiger partial charge in [-0.25, -0.2) is 0 Å². The molecule has 0 aromatic heterocycles. The van der Waals surface area contributed by atoms with Gasteiger partial charge in [0.2, 0.25) is 0 Å². The first-order valence-corrected chi connectivity index (χ1v) is 6.79. The summed E-state index contributed by atoms with van der Waals surface area (Å²) >= 11 is 0. The van der Waals surface area contributed by atoms with Crippen LogP contribution in [0.3, 0.4) is 0 Å². The molecule has 2 heteroatoms. The molecule has 1 aliphatic heterocycles. The van der Waals surface area contributed by atoms with E-state index in [1.54, 1.807) is 0 Å². The molecule has 3 fully saturated rings. The third-order valence-corrected chi connectivity index (χ3v) is 4.31. The highest BCUT2D eigenvalue weighted by molar-refractivity contribution is 4.90. The zero-order valence-corrected chi connectivity index (χ0v) is 9.91. The van der Waals surface area contributed by atoms with Crippen molar-refractivity contribution >= 4 is 0 Å². The number of hydrogen-bond acceptors (Lipinski definition) is 2. The highest BCUT2D eigenvalue weighted by Gasteiger charge is 2.33. The smallest absolute Gasteiger partial charge is 0.0209 e. The van der Waals surface area contributed by atoms with Crippen molar-refractivity contribution in [3.8, 4) is 0 Å². The van der Waals surface area contributed by atoms with Crippen molar-refractivity contribution in [2.75, 3.05) is 19.6 Å². The van der Waals surface area contributed by atoms with Crippen molar-refractivity contribution in [2.24, 2.45) is 11.8 Å². The van der Waals surface area contributed by atoms with Gasteiger partial charge in [0, 0.05) is 25.2 Å². The maximum atomic E-state index is 3.82. The summed E-state index contributed by atoms with van der Waals surface area (Å²) < 4.78 is 0. The fourth-order valence-corrected chi connectivity index (χ4v) is 2.90. The summed E-state index contributed by atoms with van der Waals surface area (Å²) in [5.41, 5.74) is 0. The summed E-state index contributed by atoms with van der Waals surface area (Å²) in [6.07, 6.45) is 7.29. The molecule has 0 bridgehead atoms. The minimum atomic E-state index is 0.774. The van der Waals surface area contributed by atoms with Crippen molar-refractivity contribution < 1.29 is 0 Å². The van der Waals surface area contributed by atoms with E-state index in [0.29, 0.717) is 0 Å². The summed E-state index contributed by atoms with van der Waals surface area (Å²) in [4.78, 5) is 2.68. The Kier molecular flexibility index (Phi) is 2.73. The average molecular weight is 208 g/mol. The van der Waals surface area contributed by atoms with Gasteiger partial charge < -0.3 is 10.2 Å². The molecule has 2 saturated carbocycles. The molecule has 1 saturated heterocycles. The van der Waals surface area contributed by atoms with Crippen molar-refractivity contribution in [1.29, 1.82) is 0 Å². The molecule has 0 aromatic rings. The average Bonchev–Trinajstić information content (AvgIpc) is 3.08. The van der Waals surface area contributed by atoms with Crippen LogP contribution in [0.2, 0.25) is 0 Å². The van der Waals surface area contributed by atoms with Gasteiger partial charge in [0.25, 0.3) is 0 Å². The molecule has 3 rings (SSSR count). The Hall–Kier alpha value is -0.0800. The summed E-state index contributed by atoms with van der Waals surface area (Å²) in [6.45, 7) is 6.41. The SMILES string of the molecule is CC(NC1CCN(CC2CC2)C1)C1CC1. The molecule has 2 aliphatic carbocycles. The minimum absolute atomic E-state index is 0.774. The Labute approximate surface area is 93.4 Å². The molecule has 0 aromatic carbocycles. The number of rotatable bonds is 5. The molecule has 0 amide bonds. The topological polar surface area (TPSA) is 15.3 Å². The lowest BCUT2D eigenvalue weighted by molar-refractivity contribution is 0.308. The molecule has 1 N–H and O–H groups in total. The lowest BCUT2D eigenvalue weighted by Crippen LogP contribution is -2.39. The van der Waals surface area contributed by atoms with Crippen LogP contribution in [-0.2, 0) is 0 Å². The molecule has 0 spiro atoms. The molecule has 2 nitrogen and oxygen atoms in total. The minimum Gasteiger partial charge on any atom is -0.310 e. The van der Waals surface area contributed by atoms with Crippen LogP contribution in [0.15, 0.2) is 0 Å². The van der Waals surface area contributed by atoms with Gasteiger partial charge in [0.05, 0.1) is 0 Å². The summed E-state index contributed by atoms with van der Waals surface area (Å²) in [7, 11) is 0. The standard InChI is InChI=1S/C13H24N2/c1-10(12-4-5-12)14-13-6-7-15(9-13)8-11-2-3-11/h10-14H,2-9H2,1H3. The van der Waals surface area contributed by atoms with Crippen molar-refractivity contribution in [2.45, 2.75) is 51.1 Å². The zero-order chi connectivity index (χ0) is 10.3. The predicted molar refractivity (Wildman–Crippen MR) is 62.9 cm³/mol. The van der Waals surface area contributed by atoms with Crippen LogP contribution in [0.1, 0.15) is 39.0 Å². The summed E-state index contributed by atoms with van der Waals surface area (Å²) in [5.74, 6) is 2.06. The Bertz CT molecular complexity index is 221. The van der Waals surface area contributed by atoms with E-state index in [2.05, 4.69) is 17.1 Å². The maximum Gasteiger partial charge on any atom is 0.0209 e. The largest absolute Gasteiger partial charge is 0.310 e. The molecule has 3 aliphatic rings. The van der Waals surface area contributed by atoms with E-state index in [4.69, 9.17) is 0 Å². The van der Waals surface area contributed by atoms with E-state index >= 15 is 0 Å². The van der Waals surface area contributed by atoms with Crippen LogP contribution < -0.4 is 5.32 Å². The third-order valence-electron chi connectivity index (χ3n) is 4.31. The van der Waals surface area contributed by atoms with E-state index in [-0.39, 0.29) is 0 Å². The summed E-state index contributed by atoms with van der Waals surface area (Å²) in [5, 5.41) is 3.82. The van der Waals surface area contributed by atoms with E-state index in [1.165, 1.54) is 51.7 Å². The Morgan fingerprint density at radius 1 is 1.20 bits per heavy atom. The Balaban J connectivity index is 1.39. The van der Waals surface area contributed by atoms with E-state index in [9.17, 15) is 0 Å². The van der Waals surface area contributed by atoms with Gasteiger partial charge in [-0.1, -0.05) is 0 Å². The fourth-order valence-electron chi connectivity index (χ4n) is 2.90. The highest BCUT2D eigenvalue weighted by Crippen LogP contribution is 2.33. The van der Waals surface area contributed by atoms with Gasteiger partial charge in [-0.05, 0) is 57.4 Å². The van der Waals surface area contributed by atoms with Gasteiger partial charge >= 0.3 is 0 Å². The zero-order valence-electron chi connectivity index (χ0n) is 9.91. The lowest BCUT2D eigenvalue weighted by atomic mass is 10.1. The van der Waals surface area contributed by atoms with Crippen LogP contribution in [0.4, 0.5) is 0 Å². The number of likely N-dealkylation sites (tertiary alicyclic amines) is 1. The molecule has 1 heterocycles. The normalized spacial score (nSPS) is 34.6. The van der Waals surface area contributed by atoms with Gasteiger partial charge in [0.15, 0.2) is 0 Å². The third kappa shape index (κ3) is 2.73. The highest BCUT2D eigenvalue weighted by atomic mass is 15.2. The lowest BCUT2D eigenvalue weighted by Gasteiger charge is -2.20. The Morgan fingerprint density at radius 3 is 2.67 bits per heavy atom.